The van der Waals surface area contributed by atoms with E-state index in [1.54, 1.807) is 24.6 Å². The van der Waals surface area contributed by atoms with Gasteiger partial charge in [-0.3, -0.25) is 9.79 Å². The minimum atomic E-state index is -3.28. The van der Waals surface area contributed by atoms with Gasteiger partial charge in [0, 0.05) is 85.5 Å². The summed E-state index contributed by atoms with van der Waals surface area (Å²) in [5.74, 6) is -6.19. The number of unbranched alkanes of at least 4 members (excludes halogenated alkanes) is 1. The lowest BCUT2D eigenvalue weighted by molar-refractivity contribution is -0.120. The number of benzene rings is 1. The van der Waals surface area contributed by atoms with Gasteiger partial charge in [0.2, 0.25) is 5.91 Å². The van der Waals surface area contributed by atoms with Crippen LogP contribution in [-0.2, 0) is 10.7 Å². The number of halogens is 4. The molecule has 17 heteroatoms. The molecule has 2 unspecified atom stereocenters. The second kappa shape index (κ2) is 17.9. The van der Waals surface area contributed by atoms with E-state index in [-0.39, 0.29) is 47.5 Å². The Balaban J connectivity index is 1.71. The third-order valence-electron chi connectivity index (χ3n) is 6.91. The number of nitrogens with one attached hydrogen (secondary N) is 3. The number of aliphatic imine (C=N–C) groups is 2. The van der Waals surface area contributed by atoms with E-state index in [1.807, 2.05) is 0 Å². The minimum Gasteiger partial charge on any atom is -0.486 e. The van der Waals surface area contributed by atoms with Crippen LogP contribution < -0.4 is 43.6 Å². The summed E-state index contributed by atoms with van der Waals surface area (Å²) in [4.78, 5) is 34.3. The molecule has 2 radical (unpaired) electrons. The van der Waals surface area contributed by atoms with Gasteiger partial charge in [0.05, 0.1) is 17.6 Å². The number of amides is 3. The van der Waals surface area contributed by atoms with Gasteiger partial charge >= 0.3 is 6.03 Å². The Bertz CT molecular complexity index is 1570. The molecule has 0 fully saturated rings. The zero-order valence-electron chi connectivity index (χ0n) is 27.9. The molecule has 12 nitrogen and oxygen atoms in total. The molecule has 0 heterocycles. The highest BCUT2D eigenvalue weighted by Gasteiger charge is 2.36. The van der Waals surface area contributed by atoms with Crippen molar-refractivity contribution in [1.29, 1.82) is 0 Å². The number of alkyl halides is 4. The monoisotopic (exact) mass is 721 g/mol. The normalized spacial score (nSPS) is 18.2. The number of hydrogen-bond acceptors (Lipinski definition) is 7. The summed E-state index contributed by atoms with van der Waals surface area (Å²) in [5, 5.41) is 8.05. The van der Waals surface area contributed by atoms with Crippen molar-refractivity contribution in [2.75, 3.05) is 18.8 Å². The van der Waals surface area contributed by atoms with Crippen molar-refractivity contribution >= 4 is 41.2 Å². The first-order chi connectivity index (χ1) is 23.4. The van der Waals surface area contributed by atoms with Crippen molar-refractivity contribution in [3.63, 3.8) is 0 Å². The number of urea groups is 1. The molecule has 2 aliphatic carbocycles. The highest BCUT2D eigenvalue weighted by Crippen LogP contribution is 2.37. The number of ether oxygens (including phenoxy) is 1. The van der Waals surface area contributed by atoms with Gasteiger partial charge in [-0.05, 0) is 44.1 Å². The number of rotatable bonds is 16. The Kier molecular flexibility index (Phi) is 14.3. The Morgan fingerprint density at radius 1 is 1.04 bits per heavy atom. The summed E-state index contributed by atoms with van der Waals surface area (Å²) < 4.78 is 63.2. The number of nitrogens with zero attached hydrogens (tertiary/aromatic N) is 2. The molecule has 1 aromatic rings. The Hall–Kier alpha value is -4.51. The molecular weight excluding hydrogens is 678 g/mol. The Labute approximate surface area is 293 Å². The molecule has 272 valence electrons. The zero-order chi connectivity index (χ0) is 37.1. The zero-order valence-corrected chi connectivity index (χ0v) is 28.8. The van der Waals surface area contributed by atoms with Crippen LogP contribution in [0, 0.1) is 12.8 Å². The minimum absolute atomic E-state index is 0.0544. The number of carbonyl (C=O) groups is 2. The van der Waals surface area contributed by atoms with Gasteiger partial charge < -0.3 is 43.6 Å². The first-order valence-electron chi connectivity index (χ1n) is 15.6. The van der Waals surface area contributed by atoms with Crippen LogP contribution in [-0.4, -0.2) is 60.6 Å². The average Bonchev–Trinajstić information content (AvgIpc) is 3.00. The predicted octanol–water partition coefficient (Wildman–Crippen LogP) is 4.14. The van der Waals surface area contributed by atoms with Crippen LogP contribution in [0.25, 0.3) is 0 Å². The number of hydrogen-bond donors (Lipinski definition) is 7. The van der Waals surface area contributed by atoms with Gasteiger partial charge in [0.15, 0.2) is 5.96 Å². The quantitative estimate of drug-likeness (QED) is 0.0570. The molecule has 0 spiro atoms. The maximum Gasteiger partial charge on any atom is 0.319 e. The van der Waals surface area contributed by atoms with Crippen molar-refractivity contribution in [2.24, 2.45) is 32.9 Å². The topological polar surface area (TPSA) is 208 Å². The molecule has 2 atom stereocenters. The van der Waals surface area contributed by atoms with E-state index in [1.165, 1.54) is 49.4 Å². The molecule has 3 amide bonds. The van der Waals surface area contributed by atoms with Crippen LogP contribution >= 0.6 is 11.8 Å². The summed E-state index contributed by atoms with van der Waals surface area (Å²) in [5.41, 5.74) is 21.9. The SMILES string of the molecule is CC(N)=Nc1cc(OC2[CH]C=C(NC(=O)NC3C=C(C(C)(F)F)[CH]C(NC(=O)CCCCN=C(N)N)=C3SCCN)C=C2)cc(C(C)(F)F)c1. The van der Waals surface area contributed by atoms with E-state index < -0.39 is 41.5 Å². The fraction of sp³-hybridized carbons (Fsp3) is 0.394. The third kappa shape index (κ3) is 13.1. The van der Waals surface area contributed by atoms with Crippen molar-refractivity contribution in [3.05, 3.63) is 82.8 Å². The molecule has 50 heavy (non-hydrogen) atoms. The van der Waals surface area contributed by atoms with E-state index in [2.05, 4.69) is 25.9 Å². The molecule has 11 N–H and O–H groups in total. The summed E-state index contributed by atoms with van der Waals surface area (Å²) in [6, 6.07) is 2.16. The molecule has 0 saturated carbocycles. The van der Waals surface area contributed by atoms with Crippen LogP contribution in [0.2, 0.25) is 0 Å². The molecule has 0 aromatic heterocycles. The lowest BCUT2D eigenvalue weighted by Gasteiger charge is -2.30. The van der Waals surface area contributed by atoms with Crippen LogP contribution in [0.5, 0.6) is 5.75 Å². The van der Waals surface area contributed by atoms with Gasteiger partial charge in [-0.2, -0.15) is 0 Å². The highest BCUT2D eigenvalue weighted by molar-refractivity contribution is 8.03. The predicted molar refractivity (Wildman–Crippen MR) is 189 cm³/mol. The molecule has 1 aromatic carbocycles. The standard InChI is InChI=1S/C33H43F4N9O3S/c1-19(39)43-23-14-20(32(2,34)35)15-25(18-23)49-24-9-7-22(8-10-24)44-31(48)46-27-17-21(33(3,36)37)16-26(29(27)50-13-11-38)45-28(47)6-4-5-12-42-30(40)41/h7-10,14-18,24,27H,4-6,11-13,38H2,1-3H3,(H2,39,43)(H,45,47)(H4,40,41,42)(H2,44,46,48). The fourth-order valence-corrected chi connectivity index (χ4v) is 5.56. The summed E-state index contributed by atoms with van der Waals surface area (Å²) in [7, 11) is 0. The smallest absolute Gasteiger partial charge is 0.319 e. The van der Waals surface area contributed by atoms with E-state index in [0.717, 1.165) is 13.8 Å². The lowest BCUT2D eigenvalue weighted by Crippen LogP contribution is -2.44. The van der Waals surface area contributed by atoms with Crippen molar-refractivity contribution in [3.8, 4) is 5.75 Å². The maximum absolute atomic E-state index is 14.6. The third-order valence-corrected chi connectivity index (χ3v) is 8.13. The van der Waals surface area contributed by atoms with Crippen LogP contribution in [0.15, 0.2) is 74.4 Å². The summed E-state index contributed by atoms with van der Waals surface area (Å²) >= 11 is 1.22. The molecule has 0 saturated heterocycles. The number of carbonyl (C=O) groups excluding carboxylic acids is 2. The Morgan fingerprint density at radius 3 is 2.38 bits per heavy atom. The highest BCUT2D eigenvalue weighted by atomic mass is 32.2. The maximum atomic E-state index is 14.6. The number of guanidine groups is 1. The van der Waals surface area contributed by atoms with E-state index in [0.29, 0.717) is 35.7 Å². The summed E-state index contributed by atoms with van der Waals surface area (Å²) in [6.07, 6.45) is 9.08. The average molecular weight is 722 g/mol. The van der Waals surface area contributed by atoms with Gasteiger partial charge in [-0.15, -0.1) is 11.8 Å². The van der Waals surface area contributed by atoms with E-state index in [9.17, 15) is 27.2 Å². The number of nitrogens with two attached hydrogens (primary N) is 4. The largest absolute Gasteiger partial charge is 0.486 e. The second-order valence-corrected chi connectivity index (χ2v) is 12.7. The second-order valence-electron chi connectivity index (χ2n) is 11.6. The first kappa shape index (κ1) is 39.9. The van der Waals surface area contributed by atoms with Gasteiger partial charge in [-0.25, -0.2) is 27.3 Å². The van der Waals surface area contributed by atoms with E-state index in [4.69, 9.17) is 27.7 Å². The Morgan fingerprint density at radius 2 is 1.78 bits per heavy atom. The number of thioether (sulfide) groups is 1. The van der Waals surface area contributed by atoms with Gasteiger partial charge in [0.25, 0.3) is 11.8 Å². The van der Waals surface area contributed by atoms with Gasteiger partial charge in [-0.1, -0.05) is 12.2 Å². The molecule has 2 aliphatic rings. The van der Waals surface area contributed by atoms with E-state index >= 15 is 0 Å². The van der Waals surface area contributed by atoms with Crippen molar-refractivity contribution in [2.45, 2.75) is 64.0 Å². The molecule has 0 aliphatic heterocycles. The van der Waals surface area contributed by atoms with Crippen molar-refractivity contribution in [1.82, 2.24) is 16.0 Å². The van der Waals surface area contributed by atoms with Gasteiger partial charge in [0.1, 0.15) is 11.9 Å². The lowest BCUT2D eigenvalue weighted by atomic mass is 9.95. The molecule has 3 rings (SSSR count). The molecular formula is C33H43F4N9O3S. The fourth-order valence-electron chi connectivity index (χ4n) is 4.65. The molecule has 0 bridgehead atoms. The van der Waals surface area contributed by atoms with Crippen LogP contribution in [0.3, 0.4) is 0 Å². The van der Waals surface area contributed by atoms with Crippen molar-refractivity contribution < 1.29 is 31.9 Å². The van der Waals surface area contributed by atoms with Crippen LogP contribution in [0.1, 0.15) is 45.6 Å². The van der Waals surface area contributed by atoms with Crippen LogP contribution in [0.4, 0.5) is 28.0 Å². The number of allylic oxidation sites excluding steroid dienone is 2. The summed E-state index contributed by atoms with van der Waals surface area (Å²) in [6.45, 7) is 3.60. The first-order valence-corrected chi connectivity index (χ1v) is 16.6. The number of amidine groups is 1.